The van der Waals surface area contributed by atoms with Crippen LogP contribution in [0.4, 0.5) is 0 Å². The van der Waals surface area contributed by atoms with Gasteiger partial charge in [0, 0.05) is 25.7 Å². The molecule has 24 heavy (non-hydrogen) atoms. The number of carbonyl (C=O) groups is 1. The Balaban J connectivity index is 1.72. The molecule has 1 aromatic heterocycles. The van der Waals surface area contributed by atoms with Crippen molar-refractivity contribution in [1.82, 2.24) is 9.21 Å². The van der Waals surface area contributed by atoms with E-state index in [0.29, 0.717) is 29.3 Å². The van der Waals surface area contributed by atoms with Gasteiger partial charge in [-0.1, -0.05) is 19.9 Å². The van der Waals surface area contributed by atoms with E-state index in [4.69, 9.17) is 0 Å². The molecule has 2 aliphatic rings. The molecule has 3 rings (SSSR count). The van der Waals surface area contributed by atoms with Crippen molar-refractivity contribution in [2.24, 2.45) is 11.8 Å². The predicted molar refractivity (Wildman–Crippen MR) is 95.4 cm³/mol. The summed E-state index contributed by atoms with van der Waals surface area (Å²) >= 11 is 1.24. The van der Waals surface area contributed by atoms with Gasteiger partial charge >= 0.3 is 0 Å². The second-order valence-corrected chi connectivity index (χ2v) is 10.4. The Morgan fingerprint density at radius 3 is 2.71 bits per heavy atom. The number of sulfonamides is 1. The molecular formula is C17H26N2O3S2. The number of thiophene rings is 1. The molecule has 1 aliphatic heterocycles. The van der Waals surface area contributed by atoms with Crippen LogP contribution in [0.1, 0.15) is 39.5 Å². The van der Waals surface area contributed by atoms with E-state index in [1.165, 1.54) is 15.6 Å². The Bertz CT molecular complexity index is 666. The first kappa shape index (κ1) is 17.9. The molecule has 7 heteroatoms. The smallest absolute Gasteiger partial charge is 0.252 e. The van der Waals surface area contributed by atoms with Gasteiger partial charge in [-0.25, -0.2) is 8.42 Å². The van der Waals surface area contributed by atoms with Crippen molar-refractivity contribution in [3.63, 3.8) is 0 Å². The van der Waals surface area contributed by atoms with Crippen molar-refractivity contribution in [2.75, 3.05) is 19.6 Å². The summed E-state index contributed by atoms with van der Waals surface area (Å²) < 4.78 is 27.3. The molecular weight excluding hydrogens is 344 g/mol. The molecule has 2 heterocycles. The predicted octanol–water partition coefficient (Wildman–Crippen LogP) is 2.80. The van der Waals surface area contributed by atoms with Crippen LogP contribution in [-0.2, 0) is 14.8 Å². The maximum atomic E-state index is 13.0. The summed E-state index contributed by atoms with van der Waals surface area (Å²) in [5, 5.41) is 1.77. The van der Waals surface area contributed by atoms with E-state index < -0.39 is 10.0 Å². The molecule has 134 valence electrons. The highest BCUT2D eigenvalue weighted by Crippen LogP contribution is 2.32. The first-order valence-electron chi connectivity index (χ1n) is 8.73. The second kappa shape index (κ2) is 7.14. The molecule has 1 saturated heterocycles. The fourth-order valence-electron chi connectivity index (χ4n) is 3.33. The van der Waals surface area contributed by atoms with Crippen LogP contribution in [0.2, 0.25) is 0 Å². The Labute approximate surface area is 148 Å². The third-order valence-electron chi connectivity index (χ3n) is 4.66. The lowest BCUT2D eigenvalue weighted by molar-refractivity contribution is -0.137. The van der Waals surface area contributed by atoms with Crippen LogP contribution in [0.3, 0.4) is 0 Å². The van der Waals surface area contributed by atoms with Crippen LogP contribution in [0.25, 0.3) is 0 Å². The summed E-state index contributed by atoms with van der Waals surface area (Å²) in [6.07, 6.45) is 3.71. The zero-order chi connectivity index (χ0) is 17.3. The van der Waals surface area contributed by atoms with Gasteiger partial charge in [-0.2, -0.15) is 4.31 Å². The fourth-order valence-corrected chi connectivity index (χ4v) is 6.00. The molecule has 2 fully saturated rings. The van der Waals surface area contributed by atoms with Crippen LogP contribution >= 0.6 is 11.3 Å². The number of carbonyl (C=O) groups excluding carboxylic acids is 1. The molecule has 1 aliphatic carbocycles. The van der Waals surface area contributed by atoms with Gasteiger partial charge in [0.1, 0.15) is 4.21 Å². The fraction of sp³-hybridized carbons (Fsp3) is 0.706. The minimum absolute atomic E-state index is 0.150. The van der Waals surface area contributed by atoms with Gasteiger partial charge < -0.3 is 4.90 Å². The van der Waals surface area contributed by atoms with Gasteiger partial charge in [-0.05, 0) is 43.0 Å². The lowest BCUT2D eigenvalue weighted by Gasteiger charge is -2.35. The number of amides is 1. The van der Waals surface area contributed by atoms with Crippen molar-refractivity contribution in [3.8, 4) is 0 Å². The lowest BCUT2D eigenvalue weighted by Crippen LogP contribution is -2.48. The molecule has 1 saturated carbocycles. The molecule has 0 bridgehead atoms. The first-order valence-corrected chi connectivity index (χ1v) is 11.1. The average Bonchev–Trinajstić information content (AvgIpc) is 3.24. The van der Waals surface area contributed by atoms with Crippen LogP contribution < -0.4 is 0 Å². The number of nitrogens with zero attached hydrogens (tertiary/aromatic N) is 2. The molecule has 1 atom stereocenters. The molecule has 1 amide bonds. The van der Waals surface area contributed by atoms with E-state index in [1.807, 2.05) is 4.90 Å². The van der Waals surface area contributed by atoms with E-state index in [2.05, 4.69) is 13.8 Å². The van der Waals surface area contributed by atoms with Gasteiger partial charge in [0.05, 0.1) is 5.92 Å². The number of rotatable bonds is 6. The second-order valence-electron chi connectivity index (χ2n) is 7.25. The monoisotopic (exact) mass is 370 g/mol. The Morgan fingerprint density at radius 2 is 2.12 bits per heavy atom. The zero-order valence-corrected chi connectivity index (χ0v) is 16.0. The number of piperidine rings is 1. The summed E-state index contributed by atoms with van der Waals surface area (Å²) in [7, 11) is -3.46. The molecule has 1 unspecified atom stereocenters. The number of hydrogen-bond donors (Lipinski definition) is 0. The topological polar surface area (TPSA) is 57.7 Å². The van der Waals surface area contributed by atoms with Crippen molar-refractivity contribution < 1.29 is 13.2 Å². The SMILES string of the molecule is CC(C)CN(C(=O)C1CCCN(S(=O)(=O)c2cccs2)C1)C1CC1. The van der Waals surface area contributed by atoms with Crippen molar-refractivity contribution in [1.29, 1.82) is 0 Å². The minimum Gasteiger partial charge on any atom is -0.339 e. The summed E-state index contributed by atoms with van der Waals surface area (Å²) in [5.74, 6) is 0.384. The maximum absolute atomic E-state index is 13.0. The Kier molecular flexibility index (Phi) is 5.32. The molecule has 5 nitrogen and oxygen atoms in total. The van der Waals surface area contributed by atoms with Gasteiger partial charge in [0.2, 0.25) is 5.91 Å². The maximum Gasteiger partial charge on any atom is 0.252 e. The minimum atomic E-state index is -3.46. The molecule has 0 aromatic carbocycles. The van der Waals surface area contributed by atoms with E-state index in [1.54, 1.807) is 17.5 Å². The number of hydrogen-bond acceptors (Lipinski definition) is 4. The molecule has 0 radical (unpaired) electrons. The zero-order valence-electron chi connectivity index (χ0n) is 14.3. The molecule has 1 aromatic rings. The summed E-state index contributed by atoms with van der Waals surface area (Å²) in [5.41, 5.74) is 0. The summed E-state index contributed by atoms with van der Waals surface area (Å²) in [6, 6.07) is 3.77. The average molecular weight is 371 g/mol. The molecule has 0 N–H and O–H groups in total. The van der Waals surface area contributed by atoms with Gasteiger partial charge in [-0.3, -0.25) is 4.79 Å². The Morgan fingerprint density at radius 1 is 1.38 bits per heavy atom. The van der Waals surface area contributed by atoms with Crippen LogP contribution in [0.15, 0.2) is 21.7 Å². The van der Waals surface area contributed by atoms with E-state index in [0.717, 1.165) is 32.2 Å². The first-order chi connectivity index (χ1) is 11.4. The van der Waals surface area contributed by atoms with Crippen LogP contribution in [0, 0.1) is 11.8 Å². The molecule has 0 spiro atoms. The standard InChI is InChI=1S/C17H26N2O3S2/c1-13(2)11-19(15-7-8-15)17(20)14-5-3-9-18(12-14)24(21,22)16-6-4-10-23-16/h4,6,10,13-15H,3,5,7-9,11-12H2,1-2H3. The van der Waals surface area contributed by atoms with Crippen molar-refractivity contribution in [2.45, 2.75) is 49.8 Å². The highest BCUT2D eigenvalue weighted by molar-refractivity contribution is 7.91. The van der Waals surface area contributed by atoms with Gasteiger partial charge in [0.25, 0.3) is 10.0 Å². The van der Waals surface area contributed by atoms with Crippen LogP contribution in [0.5, 0.6) is 0 Å². The summed E-state index contributed by atoms with van der Waals surface area (Å²) in [6.45, 7) is 5.85. The largest absolute Gasteiger partial charge is 0.339 e. The third kappa shape index (κ3) is 3.83. The Hall–Kier alpha value is -0.920. The van der Waals surface area contributed by atoms with Gasteiger partial charge in [-0.15, -0.1) is 11.3 Å². The van der Waals surface area contributed by atoms with Crippen molar-refractivity contribution >= 4 is 27.3 Å². The lowest BCUT2D eigenvalue weighted by atomic mass is 9.97. The van der Waals surface area contributed by atoms with Crippen molar-refractivity contribution in [3.05, 3.63) is 17.5 Å². The van der Waals surface area contributed by atoms with Crippen LogP contribution in [-0.4, -0.2) is 49.2 Å². The normalized spacial score (nSPS) is 22.7. The highest BCUT2D eigenvalue weighted by Gasteiger charge is 2.39. The summed E-state index contributed by atoms with van der Waals surface area (Å²) in [4.78, 5) is 15.0. The van der Waals surface area contributed by atoms with E-state index >= 15 is 0 Å². The quantitative estimate of drug-likeness (QED) is 0.774. The van der Waals surface area contributed by atoms with Gasteiger partial charge in [0.15, 0.2) is 0 Å². The third-order valence-corrected chi connectivity index (χ3v) is 7.89. The van der Waals surface area contributed by atoms with E-state index in [-0.39, 0.29) is 11.8 Å². The van der Waals surface area contributed by atoms with E-state index in [9.17, 15) is 13.2 Å². The highest BCUT2D eigenvalue weighted by atomic mass is 32.2.